The zero-order valence-electron chi connectivity index (χ0n) is 8.37. The third-order valence-corrected chi connectivity index (χ3v) is 2.21. The minimum Gasteiger partial charge on any atom is -0.478 e. The van der Waals surface area contributed by atoms with E-state index >= 15 is 0 Å². The SMILES string of the molecule is O=C(O)c1cnn(-c2ccc(CO)cc2)c1. The Kier molecular flexibility index (Phi) is 2.70. The van der Waals surface area contributed by atoms with Crippen LogP contribution in [-0.2, 0) is 6.61 Å². The van der Waals surface area contributed by atoms with E-state index in [0.717, 1.165) is 11.3 Å². The lowest BCUT2D eigenvalue weighted by Gasteiger charge is -2.01. The van der Waals surface area contributed by atoms with Gasteiger partial charge >= 0.3 is 5.97 Å². The summed E-state index contributed by atoms with van der Waals surface area (Å²) in [5.74, 6) is -1.00. The Morgan fingerprint density at radius 3 is 2.50 bits per heavy atom. The molecule has 0 aliphatic carbocycles. The number of aliphatic hydroxyl groups is 1. The van der Waals surface area contributed by atoms with Crippen molar-refractivity contribution in [3.8, 4) is 5.69 Å². The molecule has 1 aromatic heterocycles. The van der Waals surface area contributed by atoms with E-state index in [0.29, 0.717) is 0 Å². The summed E-state index contributed by atoms with van der Waals surface area (Å²) < 4.78 is 1.48. The normalized spacial score (nSPS) is 10.3. The lowest BCUT2D eigenvalue weighted by atomic mass is 10.2. The summed E-state index contributed by atoms with van der Waals surface area (Å²) in [5.41, 5.74) is 1.70. The lowest BCUT2D eigenvalue weighted by molar-refractivity contribution is 0.0697. The van der Waals surface area contributed by atoms with Crippen LogP contribution in [0.4, 0.5) is 0 Å². The van der Waals surface area contributed by atoms with Gasteiger partial charge in [-0.15, -0.1) is 0 Å². The molecular formula is C11H10N2O3. The molecule has 1 aromatic carbocycles. The van der Waals surface area contributed by atoms with Crippen LogP contribution in [0.25, 0.3) is 5.69 Å². The molecule has 2 rings (SSSR count). The number of hydrogen-bond donors (Lipinski definition) is 2. The molecule has 2 N–H and O–H groups in total. The Bertz CT molecular complexity index is 502. The molecule has 0 unspecified atom stereocenters. The van der Waals surface area contributed by atoms with Gasteiger partial charge in [-0.3, -0.25) is 0 Å². The van der Waals surface area contributed by atoms with Crippen LogP contribution in [0.3, 0.4) is 0 Å². The predicted octanol–water partition coefficient (Wildman–Crippen LogP) is 1.06. The van der Waals surface area contributed by atoms with Crippen LogP contribution in [0.15, 0.2) is 36.7 Å². The van der Waals surface area contributed by atoms with E-state index in [-0.39, 0.29) is 12.2 Å². The summed E-state index contributed by atoms with van der Waals surface area (Å²) in [5, 5.41) is 21.6. The van der Waals surface area contributed by atoms with Crippen LogP contribution < -0.4 is 0 Å². The van der Waals surface area contributed by atoms with E-state index < -0.39 is 5.97 Å². The van der Waals surface area contributed by atoms with E-state index in [4.69, 9.17) is 10.2 Å². The number of aliphatic hydroxyl groups excluding tert-OH is 1. The van der Waals surface area contributed by atoms with Crippen molar-refractivity contribution in [3.05, 3.63) is 47.8 Å². The molecule has 0 saturated heterocycles. The lowest BCUT2D eigenvalue weighted by Crippen LogP contribution is -1.96. The molecule has 2 aromatic rings. The molecule has 0 fully saturated rings. The van der Waals surface area contributed by atoms with Gasteiger partial charge in [-0.1, -0.05) is 12.1 Å². The summed E-state index contributed by atoms with van der Waals surface area (Å²) >= 11 is 0. The summed E-state index contributed by atoms with van der Waals surface area (Å²) in [6, 6.07) is 7.06. The molecule has 5 nitrogen and oxygen atoms in total. The fourth-order valence-electron chi connectivity index (χ4n) is 1.33. The van der Waals surface area contributed by atoms with Crippen molar-refractivity contribution in [2.45, 2.75) is 6.61 Å². The number of nitrogens with zero attached hydrogens (tertiary/aromatic N) is 2. The second-order valence-electron chi connectivity index (χ2n) is 3.30. The van der Waals surface area contributed by atoms with Crippen molar-refractivity contribution in [2.24, 2.45) is 0 Å². The van der Waals surface area contributed by atoms with Crippen LogP contribution >= 0.6 is 0 Å². The Balaban J connectivity index is 2.31. The Morgan fingerprint density at radius 2 is 2.00 bits per heavy atom. The monoisotopic (exact) mass is 218 g/mol. The van der Waals surface area contributed by atoms with E-state index in [1.54, 1.807) is 24.3 Å². The zero-order valence-corrected chi connectivity index (χ0v) is 8.37. The number of carbonyl (C=O) groups is 1. The van der Waals surface area contributed by atoms with Gasteiger partial charge < -0.3 is 10.2 Å². The predicted molar refractivity (Wildman–Crippen MR) is 56.4 cm³/mol. The van der Waals surface area contributed by atoms with Gasteiger partial charge in [0.2, 0.25) is 0 Å². The minimum atomic E-state index is -1.00. The van der Waals surface area contributed by atoms with Crippen LogP contribution in [0.5, 0.6) is 0 Å². The maximum absolute atomic E-state index is 10.7. The molecule has 0 atom stereocenters. The van der Waals surface area contributed by atoms with Crippen molar-refractivity contribution in [1.82, 2.24) is 9.78 Å². The fraction of sp³-hybridized carbons (Fsp3) is 0.0909. The molecule has 1 heterocycles. The molecule has 0 spiro atoms. The minimum absolute atomic E-state index is 0.0141. The summed E-state index contributed by atoms with van der Waals surface area (Å²) in [6.45, 7) is -0.0141. The Hall–Kier alpha value is -2.14. The van der Waals surface area contributed by atoms with Crippen LogP contribution in [0.1, 0.15) is 15.9 Å². The number of carboxylic acid groups (broad SMARTS) is 1. The molecular weight excluding hydrogens is 208 g/mol. The number of benzene rings is 1. The first-order chi connectivity index (χ1) is 7.70. The zero-order chi connectivity index (χ0) is 11.5. The van der Waals surface area contributed by atoms with E-state index in [9.17, 15) is 4.79 Å². The quantitative estimate of drug-likeness (QED) is 0.807. The topological polar surface area (TPSA) is 75.3 Å². The second kappa shape index (κ2) is 4.16. The van der Waals surface area contributed by atoms with Crippen molar-refractivity contribution in [3.63, 3.8) is 0 Å². The van der Waals surface area contributed by atoms with Crippen LogP contribution in [0, 0.1) is 0 Å². The van der Waals surface area contributed by atoms with E-state index in [2.05, 4.69) is 5.10 Å². The van der Waals surface area contributed by atoms with Gasteiger partial charge in [-0.2, -0.15) is 5.10 Å². The van der Waals surface area contributed by atoms with E-state index in [1.165, 1.54) is 17.1 Å². The van der Waals surface area contributed by atoms with Crippen molar-refractivity contribution >= 4 is 5.97 Å². The summed E-state index contributed by atoms with van der Waals surface area (Å²) in [4.78, 5) is 10.7. The highest BCUT2D eigenvalue weighted by atomic mass is 16.4. The first-order valence-corrected chi connectivity index (χ1v) is 4.69. The largest absolute Gasteiger partial charge is 0.478 e. The number of aromatic carboxylic acids is 1. The van der Waals surface area contributed by atoms with Gasteiger partial charge in [0.25, 0.3) is 0 Å². The van der Waals surface area contributed by atoms with Gasteiger partial charge in [0.05, 0.1) is 24.1 Å². The number of hydrogen-bond acceptors (Lipinski definition) is 3. The van der Waals surface area contributed by atoms with Gasteiger partial charge in [-0.05, 0) is 17.7 Å². The summed E-state index contributed by atoms with van der Waals surface area (Å²) in [6.07, 6.45) is 2.73. The molecule has 16 heavy (non-hydrogen) atoms. The molecule has 0 aliphatic rings. The maximum atomic E-state index is 10.7. The van der Waals surface area contributed by atoms with Gasteiger partial charge in [0.1, 0.15) is 0 Å². The maximum Gasteiger partial charge on any atom is 0.338 e. The van der Waals surface area contributed by atoms with Gasteiger partial charge in [-0.25, -0.2) is 9.48 Å². The first kappa shape index (κ1) is 10.4. The van der Waals surface area contributed by atoms with Gasteiger partial charge in [0, 0.05) is 6.20 Å². The molecule has 82 valence electrons. The number of carboxylic acids is 1. The average Bonchev–Trinajstić information content (AvgIpc) is 2.78. The number of rotatable bonds is 3. The first-order valence-electron chi connectivity index (χ1n) is 4.69. The van der Waals surface area contributed by atoms with Crippen molar-refractivity contribution in [1.29, 1.82) is 0 Å². The molecule has 0 saturated carbocycles. The molecule has 0 amide bonds. The third kappa shape index (κ3) is 1.94. The third-order valence-electron chi connectivity index (χ3n) is 2.21. The molecule has 0 bridgehead atoms. The van der Waals surface area contributed by atoms with Crippen LogP contribution in [-0.4, -0.2) is 26.0 Å². The fourth-order valence-corrected chi connectivity index (χ4v) is 1.33. The summed E-state index contributed by atoms with van der Waals surface area (Å²) in [7, 11) is 0. The highest BCUT2D eigenvalue weighted by molar-refractivity contribution is 5.86. The highest BCUT2D eigenvalue weighted by Crippen LogP contribution is 2.10. The molecule has 0 aliphatic heterocycles. The number of aromatic nitrogens is 2. The second-order valence-corrected chi connectivity index (χ2v) is 3.30. The van der Waals surface area contributed by atoms with E-state index in [1.807, 2.05) is 0 Å². The highest BCUT2D eigenvalue weighted by Gasteiger charge is 2.06. The van der Waals surface area contributed by atoms with Crippen molar-refractivity contribution < 1.29 is 15.0 Å². The average molecular weight is 218 g/mol. The van der Waals surface area contributed by atoms with Crippen LogP contribution in [0.2, 0.25) is 0 Å². The molecule has 0 radical (unpaired) electrons. The standard InChI is InChI=1S/C11H10N2O3/c14-7-8-1-3-10(4-2-8)13-6-9(5-12-13)11(15)16/h1-6,14H,7H2,(H,15,16). The Labute approximate surface area is 91.6 Å². The molecule has 5 heteroatoms. The van der Waals surface area contributed by atoms with Gasteiger partial charge in [0.15, 0.2) is 0 Å². The Morgan fingerprint density at radius 1 is 1.31 bits per heavy atom. The van der Waals surface area contributed by atoms with Crippen molar-refractivity contribution in [2.75, 3.05) is 0 Å². The smallest absolute Gasteiger partial charge is 0.338 e.